The maximum atomic E-state index is 14.4. The third kappa shape index (κ3) is 6.52. The number of methoxy groups -OCH3 is 1. The Morgan fingerprint density at radius 2 is 1.86 bits per heavy atom. The molecule has 2 aromatic carbocycles. The molecule has 0 bridgehead atoms. The smallest absolute Gasteiger partial charge is 0.254 e. The van der Waals surface area contributed by atoms with Gasteiger partial charge in [0.05, 0.1) is 24.0 Å². The number of ether oxygens (including phenoxy) is 2. The lowest BCUT2D eigenvalue weighted by atomic mass is 9.96. The van der Waals surface area contributed by atoms with Crippen LogP contribution in [0.1, 0.15) is 48.2 Å². The van der Waals surface area contributed by atoms with Crippen LogP contribution < -0.4 is 10.5 Å². The van der Waals surface area contributed by atoms with Gasteiger partial charge in [0.25, 0.3) is 5.91 Å². The first kappa shape index (κ1) is 27.8. The third-order valence-corrected chi connectivity index (χ3v) is 6.23. The Hall–Kier alpha value is -3.76. The highest BCUT2D eigenvalue weighted by Gasteiger charge is 2.38. The summed E-state index contributed by atoms with van der Waals surface area (Å²) in [6.07, 6.45) is 2.60. The number of aliphatic hydroxyl groups excluding tert-OH is 1. The summed E-state index contributed by atoms with van der Waals surface area (Å²) in [4.78, 5) is 14.7. The van der Waals surface area contributed by atoms with E-state index in [9.17, 15) is 19.4 Å². The monoisotopic (exact) mass is 512 g/mol. The number of halogens is 1. The highest BCUT2D eigenvalue weighted by Crippen LogP contribution is 2.29. The summed E-state index contributed by atoms with van der Waals surface area (Å²) in [6.45, 7) is 4.33. The van der Waals surface area contributed by atoms with Crippen molar-refractivity contribution in [1.29, 1.82) is 10.8 Å². The largest absolute Gasteiger partial charge is 0.506 e. The van der Waals surface area contributed by atoms with Crippen molar-refractivity contribution in [3.8, 4) is 5.75 Å². The fourth-order valence-corrected chi connectivity index (χ4v) is 4.26. The second-order valence-electron chi connectivity index (χ2n) is 9.42. The standard InChI is InChI=1S/C27H33FN4O5/c1-27(2,35)24-5-4-10-32(24)26(34)17-8-6-16(7-9-17)20(29)14-22(33)25(31)18-13-19(28)23(15-21(18)30)37-12-11-36-3/h6-9,13-15,24,29,31,33,35H,4-5,10-12,30H2,1-3H3/b22-14-,29-20?,31-25?/t24-/m0/s1. The van der Waals surface area contributed by atoms with Gasteiger partial charge in [-0.25, -0.2) is 4.39 Å². The van der Waals surface area contributed by atoms with Crippen molar-refractivity contribution < 1.29 is 28.9 Å². The van der Waals surface area contributed by atoms with E-state index in [1.54, 1.807) is 43.0 Å². The number of benzene rings is 2. The van der Waals surface area contributed by atoms with E-state index >= 15 is 0 Å². The van der Waals surface area contributed by atoms with Crippen LogP contribution in [0.15, 0.2) is 48.2 Å². The number of allylic oxidation sites excluding steroid dienone is 2. The van der Waals surface area contributed by atoms with E-state index in [4.69, 9.17) is 26.0 Å². The van der Waals surface area contributed by atoms with E-state index in [-0.39, 0.29) is 47.9 Å². The molecule has 37 heavy (non-hydrogen) atoms. The number of carbonyl (C=O) groups excluding carboxylic acids is 1. The Kier molecular flexibility index (Phi) is 8.67. The number of carbonyl (C=O) groups is 1. The number of nitrogens with one attached hydrogen (secondary N) is 2. The highest BCUT2D eigenvalue weighted by molar-refractivity contribution is 6.17. The predicted octanol–water partition coefficient (Wildman–Crippen LogP) is 3.69. The quantitative estimate of drug-likeness (QED) is 0.142. The summed E-state index contributed by atoms with van der Waals surface area (Å²) >= 11 is 0. The number of likely N-dealkylation sites (tertiary alicyclic amines) is 1. The number of hydrogen-bond donors (Lipinski definition) is 5. The van der Waals surface area contributed by atoms with E-state index < -0.39 is 22.9 Å². The molecule has 0 radical (unpaired) electrons. The second kappa shape index (κ2) is 11.5. The average Bonchev–Trinajstić information content (AvgIpc) is 3.36. The zero-order valence-electron chi connectivity index (χ0n) is 21.2. The summed E-state index contributed by atoms with van der Waals surface area (Å²) in [5.74, 6) is -1.62. The molecule has 198 valence electrons. The summed E-state index contributed by atoms with van der Waals surface area (Å²) in [5.41, 5.74) is 5.16. The zero-order chi connectivity index (χ0) is 27.3. The van der Waals surface area contributed by atoms with Gasteiger partial charge in [-0.2, -0.15) is 0 Å². The number of nitrogens with zero attached hydrogens (tertiary/aromatic N) is 1. The van der Waals surface area contributed by atoms with Gasteiger partial charge >= 0.3 is 0 Å². The molecular weight excluding hydrogens is 479 g/mol. The number of amides is 1. The van der Waals surface area contributed by atoms with Crippen LogP contribution in [-0.4, -0.2) is 71.0 Å². The molecule has 3 rings (SSSR count). The van der Waals surface area contributed by atoms with Crippen LogP contribution in [0.3, 0.4) is 0 Å². The molecule has 0 aromatic heterocycles. The van der Waals surface area contributed by atoms with Gasteiger partial charge in [-0.15, -0.1) is 0 Å². The fraction of sp³-hybridized carbons (Fsp3) is 0.370. The molecule has 1 fully saturated rings. The molecule has 1 aliphatic rings. The van der Waals surface area contributed by atoms with Crippen LogP contribution in [0.4, 0.5) is 10.1 Å². The van der Waals surface area contributed by atoms with Gasteiger partial charge in [-0.3, -0.25) is 10.2 Å². The number of aliphatic hydroxyl groups is 2. The molecule has 6 N–H and O–H groups in total. The predicted molar refractivity (Wildman–Crippen MR) is 139 cm³/mol. The van der Waals surface area contributed by atoms with Crippen LogP contribution >= 0.6 is 0 Å². The molecule has 0 aliphatic carbocycles. The first-order chi connectivity index (χ1) is 17.4. The molecule has 0 saturated carbocycles. The lowest BCUT2D eigenvalue weighted by Crippen LogP contribution is -2.48. The van der Waals surface area contributed by atoms with Crippen LogP contribution in [0.5, 0.6) is 5.75 Å². The van der Waals surface area contributed by atoms with Crippen LogP contribution in [0.25, 0.3) is 0 Å². The molecule has 9 nitrogen and oxygen atoms in total. The van der Waals surface area contributed by atoms with Gasteiger partial charge in [0.2, 0.25) is 0 Å². The number of nitrogen functional groups attached to an aromatic ring is 1. The Morgan fingerprint density at radius 3 is 2.49 bits per heavy atom. The molecule has 1 amide bonds. The molecule has 10 heteroatoms. The minimum Gasteiger partial charge on any atom is -0.506 e. The molecule has 1 aliphatic heterocycles. The highest BCUT2D eigenvalue weighted by atomic mass is 19.1. The normalized spacial score (nSPS) is 16.1. The molecule has 0 unspecified atom stereocenters. The summed E-state index contributed by atoms with van der Waals surface area (Å²) < 4.78 is 24.5. The van der Waals surface area contributed by atoms with E-state index in [0.717, 1.165) is 25.0 Å². The maximum Gasteiger partial charge on any atom is 0.254 e. The molecule has 1 saturated heterocycles. The Balaban J connectivity index is 1.72. The van der Waals surface area contributed by atoms with Crippen LogP contribution in [0, 0.1) is 16.6 Å². The number of hydrogen-bond acceptors (Lipinski definition) is 8. The van der Waals surface area contributed by atoms with E-state index in [1.807, 2.05) is 0 Å². The summed E-state index contributed by atoms with van der Waals surface area (Å²) in [7, 11) is 1.49. The van der Waals surface area contributed by atoms with Crippen molar-refractivity contribution in [3.05, 3.63) is 70.7 Å². The van der Waals surface area contributed by atoms with E-state index in [1.165, 1.54) is 13.2 Å². The lowest BCUT2D eigenvalue weighted by Gasteiger charge is -2.33. The van der Waals surface area contributed by atoms with E-state index in [0.29, 0.717) is 17.7 Å². The minimum atomic E-state index is -1.01. The SMILES string of the molecule is COCCOc1cc(N)c(C(=N)/C(O)=C/C(=N)c2ccc(C(=O)N3CCC[C@H]3C(C)(C)O)cc2)cc1F. The fourth-order valence-electron chi connectivity index (χ4n) is 4.26. The number of rotatable bonds is 10. The van der Waals surface area contributed by atoms with Crippen LogP contribution in [0.2, 0.25) is 0 Å². The third-order valence-electron chi connectivity index (χ3n) is 6.23. The van der Waals surface area contributed by atoms with Crippen molar-refractivity contribution in [2.24, 2.45) is 0 Å². The molecule has 2 aromatic rings. The van der Waals surface area contributed by atoms with Gasteiger partial charge in [0.1, 0.15) is 18.1 Å². The van der Waals surface area contributed by atoms with Crippen molar-refractivity contribution >= 4 is 23.0 Å². The molecular formula is C27H33FN4O5. The minimum absolute atomic E-state index is 0.0273. The van der Waals surface area contributed by atoms with Crippen molar-refractivity contribution in [3.63, 3.8) is 0 Å². The number of anilines is 1. The Bertz CT molecular complexity index is 1200. The zero-order valence-corrected chi connectivity index (χ0v) is 21.2. The first-order valence-electron chi connectivity index (χ1n) is 11.9. The van der Waals surface area contributed by atoms with Crippen molar-refractivity contribution in [2.45, 2.75) is 38.3 Å². The van der Waals surface area contributed by atoms with Gasteiger partial charge < -0.3 is 35.7 Å². The average molecular weight is 513 g/mol. The molecule has 1 heterocycles. The Labute approximate surface area is 215 Å². The maximum absolute atomic E-state index is 14.4. The lowest BCUT2D eigenvalue weighted by molar-refractivity contribution is 0.000336. The summed E-state index contributed by atoms with van der Waals surface area (Å²) in [6, 6.07) is 8.25. The van der Waals surface area contributed by atoms with Crippen LogP contribution in [-0.2, 0) is 4.74 Å². The van der Waals surface area contributed by atoms with Gasteiger partial charge in [0, 0.05) is 42.6 Å². The van der Waals surface area contributed by atoms with Gasteiger partial charge in [-0.05, 0) is 50.5 Å². The van der Waals surface area contributed by atoms with Crippen molar-refractivity contribution in [2.75, 3.05) is 32.6 Å². The topological polar surface area (TPSA) is 153 Å². The van der Waals surface area contributed by atoms with Gasteiger partial charge in [0.15, 0.2) is 11.6 Å². The van der Waals surface area contributed by atoms with Crippen molar-refractivity contribution in [1.82, 2.24) is 4.90 Å². The number of nitrogens with two attached hydrogens (primary N) is 1. The molecule has 0 spiro atoms. The first-order valence-corrected chi connectivity index (χ1v) is 11.9. The van der Waals surface area contributed by atoms with Gasteiger partial charge in [-0.1, -0.05) is 12.1 Å². The summed E-state index contributed by atoms with van der Waals surface area (Å²) in [5, 5.41) is 37.4. The molecule has 1 atom stereocenters. The second-order valence-corrected chi connectivity index (χ2v) is 9.42. The Morgan fingerprint density at radius 1 is 1.22 bits per heavy atom. The van der Waals surface area contributed by atoms with E-state index in [2.05, 4.69) is 0 Å².